The Bertz CT molecular complexity index is 467. The molecule has 6 heteroatoms. The maximum Gasteiger partial charge on any atom is 0.248 e. The zero-order valence-corrected chi connectivity index (χ0v) is 10.7. The van der Waals surface area contributed by atoms with Crippen molar-refractivity contribution in [2.75, 3.05) is 5.32 Å². The van der Waals surface area contributed by atoms with Gasteiger partial charge in [0.2, 0.25) is 11.8 Å². The van der Waals surface area contributed by atoms with Crippen molar-refractivity contribution >= 4 is 17.6 Å². The van der Waals surface area contributed by atoms with Crippen LogP contribution in [0.3, 0.4) is 0 Å². The van der Waals surface area contributed by atoms with Crippen molar-refractivity contribution in [3.8, 4) is 0 Å². The number of hydrogen-bond acceptors (Lipinski definition) is 3. The summed E-state index contributed by atoms with van der Waals surface area (Å²) < 4.78 is 1.64. The third-order valence-electron chi connectivity index (χ3n) is 3.09. The molecule has 2 rings (SSSR count). The SMILES string of the molecule is CCc1cc(NC(=O)[C@H]2CCCC(=O)N2)n(C)n1. The normalized spacial score (nSPS) is 19.4. The van der Waals surface area contributed by atoms with Gasteiger partial charge in [0.15, 0.2) is 0 Å². The van der Waals surface area contributed by atoms with Crippen LogP contribution in [0.5, 0.6) is 0 Å². The molecule has 1 aromatic rings. The van der Waals surface area contributed by atoms with Gasteiger partial charge in [-0.05, 0) is 19.3 Å². The highest BCUT2D eigenvalue weighted by Gasteiger charge is 2.25. The molecule has 1 atom stereocenters. The van der Waals surface area contributed by atoms with Gasteiger partial charge in [-0.15, -0.1) is 0 Å². The molecule has 0 radical (unpaired) electrons. The third-order valence-corrected chi connectivity index (χ3v) is 3.09. The van der Waals surface area contributed by atoms with Crippen LogP contribution < -0.4 is 10.6 Å². The Morgan fingerprint density at radius 3 is 3.06 bits per heavy atom. The number of aromatic nitrogens is 2. The molecule has 1 saturated heterocycles. The number of hydrogen-bond donors (Lipinski definition) is 2. The van der Waals surface area contributed by atoms with E-state index in [0.29, 0.717) is 18.7 Å². The van der Waals surface area contributed by atoms with Crippen molar-refractivity contribution in [1.82, 2.24) is 15.1 Å². The highest BCUT2D eigenvalue weighted by atomic mass is 16.2. The molecule has 1 aromatic heterocycles. The van der Waals surface area contributed by atoms with Gasteiger partial charge in [-0.25, -0.2) is 0 Å². The van der Waals surface area contributed by atoms with E-state index in [1.807, 2.05) is 13.0 Å². The Balaban J connectivity index is 2.01. The van der Waals surface area contributed by atoms with Crippen LogP contribution in [0.2, 0.25) is 0 Å². The van der Waals surface area contributed by atoms with Crippen LogP contribution in [-0.2, 0) is 23.1 Å². The second-order valence-electron chi connectivity index (χ2n) is 4.50. The Kier molecular flexibility index (Phi) is 3.64. The van der Waals surface area contributed by atoms with Gasteiger partial charge in [0.05, 0.1) is 5.69 Å². The van der Waals surface area contributed by atoms with E-state index in [-0.39, 0.29) is 11.8 Å². The molecule has 2 N–H and O–H groups in total. The van der Waals surface area contributed by atoms with Crippen LogP contribution in [0.25, 0.3) is 0 Å². The average molecular weight is 250 g/mol. The summed E-state index contributed by atoms with van der Waals surface area (Å²) in [6.45, 7) is 2.01. The smallest absolute Gasteiger partial charge is 0.248 e. The van der Waals surface area contributed by atoms with Gasteiger partial charge in [-0.2, -0.15) is 5.10 Å². The molecule has 0 spiro atoms. The number of rotatable bonds is 3. The Morgan fingerprint density at radius 2 is 2.44 bits per heavy atom. The number of piperidine rings is 1. The number of nitrogens with one attached hydrogen (secondary N) is 2. The minimum absolute atomic E-state index is 0.0550. The molecular weight excluding hydrogens is 232 g/mol. The van der Waals surface area contributed by atoms with Gasteiger partial charge >= 0.3 is 0 Å². The average Bonchev–Trinajstić information content (AvgIpc) is 2.70. The van der Waals surface area contributed by atoms with Crippen molar-refractivity contribution < 1.29 is 9.59 Å². The lowest BCUT2D eigenvalue weighted by Gasteiger charge is -2.22. The summed E-state index contributed by atoms with van der Waals surface area (Å²) in [6, 6.07) is 1.42. The van der Waals surface area contributed by atoms with Crippen LogP contribution in [-0.4, -0.2) is 27.6 Å². The van der Waals surface area contributed by atoms with Gasteiger partial charge in [0, 0.05) is 19.5 Å². The van der Waals surface area contributed by atoms with Crippen LogP contribution in [0.4, 0.5) is 5.82 Å². The zero-order chi connectivity index (χ0) is 13.1. The Labute approximate surface area is 106 Å². The van der Waals surface area contributed by atoms with E-state index < -0.39 is 6.04 Å². The van der Waals surface area contributed by atoms with Gasteiger partial charge in [0.25, 0.3) is 0 Å². The van der Waals surface area contributed by atoms with Crippen LogP contribution in [0.1, 0.15) is 31.9 Å². The quantitative estimate of drug-likeness (QED) is 0.824. The first-order chi connectivity index (χ1) is 8.60. The van der Waals surface area contributed by atoms with E-state index in [4.69, 9.17) is 0 Å². The number of nitrogens with zero attached hydrogens (tertiary/aromatic N) is 2. The second kappa shape index (κ2) is 5.20. The van der Waals surface area contributed by atoms with E-state index in [1.54, 1.807) is 11.7 Å². The van der Waals surface area contributed by atoms with Gasteiger partial charge in [-0.1, -0.05) is 6.92 Å². The third kappa shape index (κ3) is 2.69. The monoisotopic (exact) mass is 250 g/mol. The lowest BCUT2D eigenvalue weighted by atomic mass is 10.0. The molecule has 2 amide bonds. The molecule has 98 valence electrons. The Morgan fingerprint density at radius 1 is 1.67 bits per heavy atom. The van der Waals surface area contributed by atoms with Crippen molar-refractivity contribution in [3.63, 3.8) is 0 Å². The molecule has 0 saturated carbocycles. The van der Waals surface area contributed by atoms with Crippen molar-refractivity contribution in [2.45, 2.75) is 38.6 Å². The second-order valence-corrected chi connectivity index (χ2v) is 4.50. The first-order valence-electron chi connectivity index (χ1n) is 6.23. The Hall–Kier alpha value is -1.85. The largest absolute Gasteiger partial charge is 0.344 e. The van der Waals surface area contributed by atoms with Gasteiger partial charge in [0.1, 0.15) is 11.9 Å². The fourth-order valence-corrected chi connectivity index (χ4v) is 2.03. The van der Waals surface area contributed by atoms with Gasteiger partial charge < -0.3 is 10.6 Å². The highest BCUT2D eigenvalue weighted by Crippen LogP contribution is 2.13. The van der Waals surface area contributed by atoms with E-state index in [9.17, 15) is 9.59 Å². The minimum Gasteiger partial charge on any atom is -0.344 e. The maximum absolute atomic E-state index is 12.0. The number of carbonyl (C=O) groups excluding carboxylic acids is 2. The number of aryl methyl sites for hydroxylation is 2. The van der Waals surface area contributed by atoms with Crippen LogP contribution in [0.15, 0.2) is 6.07 Å². The summed E-state index contributed by atoms with van der Waals surface area (Å²) in [7, 11) is 1.79. The minimum atomic E-state index is -0.425. The van der Waals surface area contributed by atoms with Crippen molar-refractivity contribution in [3.05, 3.63) is 11.8 Å². The topological polar surface area (TPSA) is 76.0 Å². The molecular formula is C12H18N4O2. The number of carbonyl (C=O) groups is 2. The predicted molar refractivity (Wildman–Crippen MR) is 67.0 cm³/mol. The number of amides is 2. The molecule has 1 aliphatic rings. The van der Waals surface area contributed by atoms with Crippen LogP contribution >= 0.6 is 0 Å². The molecule has 1 fully saturated rings. The summed E-state index contributed by atoms with van der Waals surface area (Å²) in [6.07, 6.45) is 2.78. The van der Waals surface area contributed by atoms with Gasteiger partial charge in [-0.3, -0.25) is 14.3 Å². The summed E-state index contributed by atoms with van der Waals surface area (Å²) >= 11 is 0. The summed E-state index contributed by atoms with van der Waals surface area (Å²) in [4.78, 5) is 23.2. The summed E-state index contributed by atoms with van der Waals surface area (Å²) in [5.41, 5.74) is 0.931. The lowest BCUT2D eigenvalue weighted by Crippen LogP contribution is -2.46. The standard InChI is InChI=1S/C12H18N4O2/c1-3-8-7-10(16(2)15-8)14-12(18)9-5-4-6-11(17)13-9/h7,9H,3-6H2,1-2H3,(H,13,17)(H,14,18)/t9-/m1/s1. The molecule has 6 nitrogen and oxygen atoms in total. The number of anilines is 1. The summed E-state index contributed by atoms with van der Waals surface area (Å²) in [5.74, 6) is 0.436. The molecule has 18 heavy (non-hydrogen) atoms. The van der Waals surface area contributed by atoms with Crippen molar-refractivity contribution in [1.29, 1.82) is 0 Å². The molecule has 0 aliphatic carbocycles. The van der Waals surface area contributed by atoms with Crippen molar-refractivity contribution in [2.24, 2.45) is 7.05 Å². The van der Waals surface area contributed by atoms with E-state index in [1.165, 1.54) is 0 Å². The molecule has 0 aromatic carbocycles. The summed E-state index contributed by atoms with van der Waals surface area (Å²) in [5, 5.41) is 9.75. The first kappa shape index (κ1) is 12.6. The van der Waals surface area contributed by atoms with E-state index in [2.05, 4.69) is 15.7 Å². The molecule has 0 unspecified atom stereocenters. The lowest BCUT2D eigenvalue weighted by molar-refractivity contribution is -0.128. The van der Waals surface area contributed by atoms with E-state index in [0.717, 1.165) is 18.5 Å². The highest BCUT2D eigenvalue weighted by molar-refractivity contribution is 5.97. The fraction of sp³-hybridized carbons (Fsp3) is 0.583. The fourth-order valence-electron chi connectivity index (χ4n) is 2.03. The maximum atomic E-state index is 12.0. The van der Waals surface area contributed by atoms with E-state index >= 15 is 0 Å². The molecule has 2 heterocycles. The molecule has 0 bridgehead atoms. The zero-order valence-electron chi connectivity index (χ0n) is 10.7. The molecule has 1 aliphatic heterocycles. The predicted octanol–water partition coefficient (Wildman–Crippen LogP) is 0.590. The first-order valence-corrected chi connectivity index (χ1v) is 6.23. The van der Waals surface area contributed by atoms with Crippen LogP contribution in [0, 0.1) is 0 Å².